The van der Waals surface area contributed by atoms with Crippen LogP contribution in [-0.2, 0) is 23.9 Å². The molecule has 12 heteroatoms. The van der Waals surface area contributed by atoms with Gasteiger partial charge in [0.05, 0.1) is 43.9 Å². The lowest BCUT2D eigenvalue weighted by atomic mass is 10.0. The third-order valence-electron chi connectivity index (χ3n) is 5.07. The van der Waals surface area contributed by atoms with E-state index in [9.17, 15) is 18.0 Å². The average Bonchev–Trinajstić information content (AvgIpc) is 2.83. The maximum Gasteiger partial charge on any atom is 0.407 e. The first-order valence-electron chi connectivity index (χ1n) is 9.64. The normalized spacial score (nSPS) is 13.1. The van der Waals surface area contributed by atoms with Crippen LogP contribution in [0.15, 0.2) is 36.9 Å². The first kappa shape index (κ1) is 21.9. The molecule has 1 aromatic carbocycles. The molecule has 1 aliphatic heterocycles. The van der Waals surface area contributed by atoms with Crippen LogP contribution in [0.4, 0.5) is 36.2 Å². The highest BCUT2D eigenvalue weighted by Gasteiger charge is 2.34. The first-order valence-corrected chi connectivity index (χ1v) is 9.64. The molecule has 0 spiro atoms. The first-order chi connectivity index (χ1) is 15.8. The van der Waals surface area contributed by atoms with E-state index in [1.807, 2.05) is 0 Å². The number of benzene rings is 1. The van der Waals surface area contributed by atoms with Gasteiger partial charge in [0.2, 0.25) is 0 Å². The van der Waals surface area contributed by atoms with Crippen molar-refractivity contribution in [3.8, 4) is 0 Å². The Morgan fingerprint density at radius 2 is 2.03 bits per heavy atom. The van der Waals surface area contributed by atoms with E-state index in [-0.39, 0.29) is 12.2 Å². The highest BCUT2D eigenvalue weighted by molar-refractivity contribution is 5.86. The van der Waals surface area contributed by atoms with Crippen LogP contribution in [0.25, 0.3) is 4.85 Å². The van der Waals surface area contributed by atoms with Gasteiger partial charge in [-0.3, -0.25) is 0 Å². The number of hydrogen-bond acceptors (Lipinski definition) is 8. The van der Waals surface area contributed by atoms with Crippen molar-refractivity contribution in [2.45, 2.75) is 19.1 Å². The summed E-state index contributed by atoms with van der Waals surface area (Å²) in [6.45, 7) is 7.69. The molecule has 4 rings (SSSR count). The molecule has 0 amide bonds. The molecule has 0 bridgehead atoms. The Morgan fingerprint density at radius 1 is 1.21 bits per heavy atom. The minimum absolute atomic E-state index is 0.0610. The molecule has 0 saturated heterocycles. The zero-order valence-electron chi connectivity index (χ0n) is 17.2. The number of aromatic nitrogens is 4. The average molecular weight is 455 g/mol. The van der Waals surface area contributed by atoms with Crippen LogP contribution >= 0.6 is 0 Å². The summed E-state index contributed by atoms with van der Waals surface area (Å²) in [5.74, 6) is 0.251. The van der Waals surface area contributed by atoms with Crippen molar-refractivity contribution in [2.24, 2.45) is 0 Å². The van der Waals surface area contributed by atoms with E-state index in [1.165, 1.54) is 38.0 Å². The Morgan fingerprint density at radius 3 is 2.70 bits per heavy atom. The van der Waals surface area contributed by atoms with Gasteiger partial charge < -0.3 is 15.0 Å². The maximum atomic E-state index is 13.3. The van der Waals surface area contributed by atoms with Gasteiger partial charge in [-0.1, -0.05) is 6.07 Å². The van der Waals surface area contributed by atoms with Gasteiger partial charge >= 0.3 is 12.1 Å². The molecule has 2 aromatic heterocycles. The number of anilines is 3. The standard InChI is InChI=1S/C21H16F3N7O2/c1-25-15-4-3-12(7-14(15)21(22,23)24)31-6-5-13-17(10-31)28-11-29-19(13)30-18-9-26-16(8-27-18)20(32)33-2/h3-4,7-9,11H,5-6,10H2,2H3,(H,27,28,29,30). The number of alkyl halides is 3. The van der Waals surface area contributed by atoms with Crippen LogP contribution in [0.1, 0.15) is 27.3 Å². The second kappa shape index (κ2) is 8.70. The fourth-order valence-electron chi connectivity index (χ4n) is 3.45. The number of rotatable bonds is 4. The Hall–Kier alpha value is -4.27. The monoisotopic (exact) mass is 455 g/mol. The van der Waals surface area contributed by atoms with E-state index in [1.54, 1.807) is 4.90 Å². The van der Waals surface area contributed by atoms with Gasteiger partial charge in [-0.25, -0.2) is 29.6 Å². The van der Waals surface area contributed by atoms with Gasteiger partial charge in [-0.15, -0.1) is 0 Å². The Kier molecular flexibility index (Phi) is 5.78. The summed E-state index contributed by atoms with van der Waals surface area (Å²) in [4.78, 5) is 32.9. The number of esters is 1. The summed E-state index contributed by atoms with van der Waals surface area (Å²) in [6, 6.07) is 3.69. The van der Waals surface area contributed by atoms with Gasteiger partial charge in [0.15, 0.2) is 11.4 Å². The number of methoxy groups -OCH3 is 1. The number of carbonyl (C=O) groups excluding carboxylic acids is 1. The molecule has 1 aliphatic rings. The topological polar surface area (TPSA) is 97.5 Å². The molecule has 168 valence electrons. The molecule has 0 fully saturated rings. The lowest BCUT2D eigenvalue weighted by Gasteiger charge is -2.31. The molecule has 9 nitrogen and oxygen atoms in total. The van der Waals surface area contributed by atoms with E-state index >= 15 is 0 Å². The van der Waals surface area contributed by atoms with Crippen molar-refractivity contribution < 1.29 is 22.7 Å². The molecule has 3 heterocycles. The summed E-state index contributed by atoms with van der Waals surface area (Å²) in [7, 11) is 1.25. The highest BCUT2D eigenvalue weighted by Crippen LogP contribution is 2.39. The number of halogens is 3. The number of carbonyl (C=O) groups is 1. The lowest BCUT2D eigenvalue weighted by molar-refractivity contribution is -0.136. The molecule has 0 atom stereocenters. The molecule has 33 heavy (non-hydrogen) atoms. The largest absolute Gasteiger partial charge is 0.464 e. The minimum Gasteiger partial charge on any atom is -0.464 e. The van der Waals surface area contributed by atoms with E-state index in [4.69, 9.17) is 6.57 Å². The molecule has 0 radical (unpaired) electrons. The Balaban J connectivity index is 1.56. The zero-order valence-corrected chi connectivity index (χ0v) is 17.2. The molecular weight excluding hydrogens is 439 g/mol. The number of fused-ring (bicyclic) bond motifs is 1. The van der Waals surface area contributed by atoms with Gasteiger partial charge in [-0.2, -0.15) is 13.2 Å². The van der Waals surface area contributed by atoms with E-state index < -0.39 is 23.4 Å². The molecule has 0 unspecified atom stereocenters. The van der Waals surface area contributed by atoms with Crippen molar-refractivity contribution in [1.29, 1.82) is 0 Å². The van der Waals surface area contributed by atoms with Gasteiger partial charge in [0, 0.05) is 17.8 Å². The molecule has 1 N–H and O–H groups in total. The highest BCUT2D eigenvalue weighted by atomic mass is 19.4. The Labute approximate surface area is 186 Å². The van der Waals surface area contributed by atoms with Gasteiger partial charge in [-0.05, 0) is 18.6 Å². The molecule has 0 aliphatic carbocycles. The van der Waals surface area contributed by atoms with Gasteiger partial charge in [0.25, 0.3) is 0 Å². The van der Waals surface area contributed by atoms with Crippen molar-refractivity contribution >= 4 is 29.0 Å². The predicted molar refractivity (Wildman–Crippen MR) is 111 cm³/mol. The fourth-order valence-corrected chi connectivity index (χ4v) is 3.45. The summed E-state index contributed by atoms with van der Waals surface area (Å²) in [6.07, 6.45) is -0.155. The summed E-state index contributed by atoms with van der Waals surface area (Å²) >= 11 is 0. The second-order valence-corrected chi connectivity index (χ2v) is 7.03. The third kappa shape index (κ3) is 4.52. The molecule has 0 saturated carbocycles. The van der Waals surface area contributed by atoms with Crippen molar-refractivity contribution in [1.82, 2.24) is 19.9 Å². The summed E-state index contributed by atoms with van der Waals surface area (Å²) < 4.78 is 44.6. The Bertz CT molecular complexity index is 1240. The fraction of sp³-hybridized carbons (Fsp3) is 0.238. The number of ether oxygens (including phenoxy) is 1. The van der Waals surface area contributed by atoms with Gasteiger partial charge in [0.1, 0.15) is 18.0 Å². The maximum absolute atomic E-state index is 13.3. The zero-order chi connectivity index (χ0) is 23.6. The van der Waals surface area contributed by atoms with E-state index in [0.717, 1.165) is 11.6 Å². The third-order valence-corrected chi connectivity index (χ3v) is 5.07. The van der Waals surface area contributed by atoms with E-state index in [0.29, 0.717) is 36.0 Å². The van der Waals surface area contributed by atoms with Crippen LogP contribution in [0.5, 0.6) is 0 Å². The van der Waals surface area contributed by atoms with Crippen LogP contribution in [0.3, 0.4) is 0 Å². The quantitative estimate of drug-likeness (QED) is 0.467. The van der Waals surface area contributed by atoms with Crippen molar-refractivity contribution in [3.63, 3.8) is 0 Å². The van der Waals surface area contributed by atoms with Crippen LogP contribution in [-0.4, -0.2) is 39.6 Å². The molecule has 3 aromatic rings. The lowest BCUT2D eigenvalue weighted by Crippen LogP contribution is -2.32. The van der Waals surface area contributed by atoms with E-state index in [2.05, 4.69) is 34.8 Å². The number of nitrogens with zero attached hydrogens (tertiary/aromatic N) is 6. The smallest absolute Gasteiger partial charge is 0.407 e. The predicted octanol–water partition coefficient (Wildman–Crippen LogP) is 3.93. The SMILES string of the molecule is [C-]#[N+]c1ccc(N2CCc3c(ncnc3Nc3cnc(C(=O)OC)cn3)C2)cc1C(F)(F)F. The molecular formula is C21H16F3N7O2. The van der Waals surface area contributed by atoms with Crippen LogP contribution in [0, 0.1) is 6.57 Å². The summed E-state index contributed by atoms with van der Waals surface area (Å²) in [5, 5.41) is 3.04. The minimum atomic E-state index is -4.62. The number of hydrogen-bond donors (Lipinski definition) is 1. The van der Waals surface area contributed by atoms with Crippen molar-refractivity contribution in [2.75, 3.05) is 23.9 Å². The van der Waals surface area contributed by atoms with Crippen LogP contribution < -0.4 is 10.2 Å². The summed E-state index contributed by atoms with van der Waals surface area (Å²) in [5.41, 5.74) is 0.488. The van der Waals surface area contributed by atoms with Crippen LogP contribution in [0.2, 0.25) is 0 Å². The van der Waals surface area contributed by atoms with Crippen molar-refractivity contribution in [3.05, 3.63) is 70.9 Å². The number of nitrogens with one attached hydrogen (secondary N) is 1. The second-order valence-electron chi connectivity index (χ2n) is 7.03.